The molecule has 5 nitrogen and oxygen atoms in total. The predicted molar refractivity (Wildman–Crippen MR) is 86.2 cm³/mol. The summed E-state index contributed by atoms with van der Waals surface area (Å²) in [7, 11) is 1.65. The number of aliphatic imine (C=N–C) groups is 1. The summed E-state index contributed by atoms with van der Waals surface area (Å²) in [5.74, 6) is 0.314. The highest BCUT2D eigenvalue weighted by Gasteiger charge is 2.24. The van der Waals surface area contributed by atoms with Gasteiger partial charge in [0.1, 0.15) is 0 Å². The van der Waals surface area contributed by atoms with E-state index in [2.05, 4.69) is 28.2 Å². The van der Waals surface area contributed by atoms with Gasteiger partial charge in [0.05, 0.1) is 12.5 Å². The molecule has 22 heavy (non-hydrogen) atoms. The highest BCUT2D eigenvalue weighted by atomic mass is 16.2. The lowest BCUT2D eigenvalue weighted by Crippen LogP contribution is -2.45. The molecule has 5 heteroatoms. The predicted octanol–water partition coefficient (Wildman–Crippen LogP) is 1.84. The Kier molecular flexibility index (Phi) is 3.87. The molecule has 0 bridgehead atoms. The Morgan fingerprint density at radius 3 is 2.73 bits per heavy atom. The Balaban J connectivity index is 1.81. The summed E-state index contributed by atoms with van der Waals surface area (Å²) in [5, 5.41) is 0. The van der Waals surface area contributed by atoms with E-state index in [1.807, 2.05) is 18.2 Å². The molecule has 0 saturated heterocycles. The second-order valence-corrected chi connectivity index (χ2v) is 5.44. The third-order valence-corrected chi connectivity index (χ3v) is 3.85. The van der Waals surface area contributed by atoms with Crippen molar-refractivity contribution in [3.05, 3.63) is 54.4 Å². The van der Waals surface area contributed by atoms with E-state index < -0.39 is 0 Å². The average Bonchev–Trinajstić information content (AvgIpc) is 2.54. The van der Waals surface area contributed by atoms with Gasteiger partial charge in [-0.2, -0.15) is 0 Å². The topological polar surface area (TPSA) is 71.6 Å². The van der Waals surface area contributed by atoms with Gasteiger partial charge in [-0.05, 0) is 35.2 Å². The highest BCUT2D eigenvalue weighted by molar-refractivity contribution is 5.98. The number of aromatic nitrogens is 1. The van der Waals surface area contributed by atoms with Gasteiger partial charge < -0.3 is 5.73 Å². The van der Waals surface area contributed by atoms with Crippen molar-refractivity contribution >= 4 is 11.9 Å². The van der Waals surface area contributed by atoms with Crippen molar-refractivity contribution in [2.45, 2.75) is 18.9 Å². The Morgan fingerprint density at radius 1 is 1.23 bits per heavy atom. The summed E-state index contributed by atoms with van der Waals surface area (Å²) < 4.78 is 0. The first-order chi connectivity index (χ1) is 10.6. The van der Waals surface area contributed by atoms with Gasteiger partial charge in [0.2, 0.25) is 5.91 Å². The van der Waals surface area contributed by atoms with Gasteiger partial charge in [0.15, 0.2) is 5.96 Å². The number of hydrogen-bond acceptors (Lipinski definition) is 4. The van der Waals surface area contributed by atoms with Gasteiger partial charge in [-0.25, -0.2) is 4.99 Å². The monoisotopic (exact) mass is 294 g/mol. The summed E-state index contributed by atoms with van der Waals surface area (Å²) >= 11 is 0. The van der Waals surface area contributed by atoms with Crippen molar-refractivity contribution in [3.8, 4) is 11.1 Å². The number of nitrogens with zero attached hydrogens (tertiary/aromatic N) is 3. The summed E-state index contributed by atoms with van der Waals surface area (Å²) in [4.78, 5) is 21.7. The molecule has 1 aromatic carbocycles. The standard InChI is InChI=1S/C17H18N4O/c1-21-16(22)11-15(20-17(21)18)10-12-3-2-4-14(9-12)13-5-7-19-8-6-13/h2-9,15H,10-11H2,1H3,(H2,18,20)/t15-/m1/s1. The van der Waals surface area contributed by atoms with Gasteiger partial charge in [-0.15, -0.1) is 0 Å². The minimum atomic E-state index is -0.0867. The van der Waals surface area contributed by atoms with Crippen LogP contribution in [0.4, 0.5) is 0 Å². The average molecular weight is 294 g/mol. The van der Waals surface area contributed by atoms with E-state index in [4.69, 9.17) is 5.73 Å². The van der Waals surface area contributed by atoms with Crippen LogP contribution in [-0.4, -0.2) is 34.8 Å². The van der Waals surface area contributed by atoms with Gasteiger partial charge >= 0.3 is 0 Å². The molecule has 2 N–H and O–H groups in total. The molecule has 1 aliphatic rings. The molecule has 0 radical (unpaired) electrons. The van der Waals surface area contributed by atoms with Crippen molar-refractivity contribution < 1.29 is 4.79 Å². The third-order valence-electron chi connectivity index (χ3n) is 3.85. The Morgan fingerprint density at radius 2 is 2.00 bits per heavy atom. The van der Waals surface area contributed by atoms with E-state index in [0.717, 1.165) is 16.7 Å². The third kappa shape index (κ3) is 2.98. The van der Waals surface area contributed by atoms with Crippen LogP contribution in [0.3, 0.4) is 0 Å². The molecule has 2 heterocycles. The maximum absolute atomic E-state index is 11.9. The number of hydrogen-bond donors (Lipinski definition) is 1. The number of nitrogens with two attached hydrogens (primary N) is 1. The Hall–Kier alpha value is -2.69. The van der Waals surface area contributed by atoms with E-state index in [9.17, 15) is 4.79 Å². The Bertz CT molecular complexity index is 712. The molecule has 2 aromatic rings. The zero-order valence-corrected chi connectivity index (χ0v) is 12.4. The largest absolute Gasteiger partial charge is 0.369 e. The normalized spacial score (nSPS) is 18.2. The lowest BCUT2D eigenvalue weighted by molar-refractivity contribution is -0.127. The molecule has 3 rings (SSSR count). The Labute approximate surface area is 129 Å². The molecular weight excluding hydrogens is 276 g/mol. The smallest absolute Gasteiger partial charge is 0.231 e. The van der Waals surface area contributed by atoms with Crippen molar-refractivity contribution in [1.82, 2.24) is 9.88 Å². The van der Waals surface area contributed by atoms with Crippen LogP contribution < -0.4 is 5.73 Å². The first-order valence-electron chi connectivity index (χ1n) is 7.22. The molecule has 1 aromatic heterocycles. The second-order valence-electron chi connectivity index (χ2n) is 5.44. The molecular formula is C17H18N4O. The molecule has 112 valence electrons. The molecule has 1 amide bonds. The summed E-state index contributed by atoms with van der Waals surface area (Å²) in [6.07, 6.45) is 4.67. The first-order valence-corrected chi connectivity index (χ1v) is 7.22. The maximum atomic E-state index is 11.9. The molecule has 0 saturated carbocycles. The van der Waals surface area contributed by atoms with Gasteiger partial charge in [-0.3, -0.25) is 14.7 Å². The highest BCUT2D eigenvalue weighted by Crippen LogP contribution is 2.22. The van der Waals surface area contributed by atoms with Crippen LogP contribution >= 0.6 is 0 Å². The zero-order chi connectivity index (χ0) is 15.5. The number of benzene rings is 1. The van der Waals surface area contributed by atoms with Crippen LogP contribution in [0.25, 0.3) is 11.1 Å². The van der Waals surface area contributed by atoms with Crippen LogP contribution in [0, 0.1) is 0 Å². The van der Waals surface area contributed by atoms with Crippen molar-refractivity contribution in [3.63, 3.8) is 0 Å². The van der Waals surface area contributed by atoms with Crippen LogP contribution in [0.1, 0.15) is 12.0 Å². The number of pyridine rings is 1. The minimum absolute atomic E-state index is 0.0165. The van der Waals surface area contributed by atoms with Gasteiger partial charge in [0.25, 0.3) is 0 Å². The van der Waals surface area contributed by atoms with Crippen LogP contribution in [0.15, 0.2) is 53.8 Å². The van der Waals surface area contributed by atoms with Crippen molar-refractivity contribution in [1.29, 1.82) is 0 Å². The van der Waals surface area contributed by atoms with E-state index in [1.54, 1.807) is 19.4 Å². The molecule has 0 fully saturated rings. The lowest BCUT2D eigenvalue weighted by atomic mass is 9.98. The molecule has 1 aliphatic heterocycles. The second kappa shape index (κ2) is 5.97. The van der Waals surface area contributed by atoms with E-state index in [0.29, 0.717) is 18.8 Å². The summed E-state index contributed by atoms with van der Waals surface area (Å²) in [6.45, 7) is 0. The summed E-state index contributed by atoms with van der Waals surface area (Å²) in [5.41, 5.74) is 9.19. The lowest BCUT2D eigenvalue weighted by Gasteiger charge is -2.25. The van der Waals surface area contributed by atoms with Crippen LogP contribution in [0.2, 0.25) is 0 Å². The number of carbonyl (C=O) groups is 1. The minimum Gasteiger partial charge on any atom is -0.369 e. The molecule has 0 unspecified atom stereocenters. The van der Waals surface area contributed by atoms with E-state index in [-0.39, 0.29) is 11.9 Å². The summed E-state index contributed by atoms with van der Waals surface area (Å²) in [6, 6.07) is 12.1. The fourth-order valence-electron chi connectivity index (χ4n) is 2.60. The SMILES string of the molecule is CN1C(=O)C[C@@H](Cc2cccc(-c3ccncc3)c2)N=C1N. The van der Waals surface area contributed by atoms with Crippen molar-refractivity contribution in [2.24, 2.45) is 10.7 Å². The van der Waals surface area contributed by atoms with Crippen LogP contribution in [-0.2, 0) is 11.2 Å². The number of rotatable bonds is 3. The van der Waals surface area contributed by atoms with Crippen LogP contribution in [0.5, 0.6) is 0 Å². The van der Waals surface area contributed by atoms with E-state index in [1.165, 1.54) is 4.90 Å². The van der Waals surface area contributed by atoms with E-state index >= 15 is 0 Å². The zero-order valence-electron chi connectivity index (χ0n) is 12.4. The number of amides is 1. The maximum Gasteiger partial charge on any atom is 0.231 e. The fraction of sp³-hybridized carbons (Fsp3) is 0.235. The van der Waals surface area contributed by atoms with Gasteiger partial charge in [0, 0.05) is 19.4 Å². The number of guanidine groups is 1. The van der Waals surface area contributed by atoms with Crippen molar-refractivity contribution in [2.75, 3.05) is 7.05 Å². The fourth-order valence-corrected chi connectivity index (χ4v) is 2.60. The molecule has 1 atom stereocenters. The quantitative estimate of drug-likeness (QED) is 0.939. The number of carbonyl (C=O) groups excluding carboxylic acids is 1. The molecule has 0 aliphatic carbocycles. The molecule has 0 spiro atoms. The first kappa shape index (κ1) is 14.3. The van der Waals surface area contributed by atoms with Gasteiger partial charge in [-0.1, -0.05) is 24.3 Å².